The second-order valence-corrected chi connectivity index (χ2v) is 5.85. The molecule has 0 aliphatic carbocycles. The number of hydrogen-bond acceptors (Lipinski definition) is 4. The Labute approximate surface area is 118 Å². The number of carbonyl (C=O) groups is 1. The number of H-pyrrole nitrogens is 1. The molecule has 2 N–H and O–H groups in total. The Bertz CT molecular complexity index is 665. The summed E-state index contributed by atoms with van der Waals surface area (Å²) in [6, 6.07) is 5.17. The van der Waals surface area contributed by atoms with Crippen molar-refractivity contribution in [1.29, 1.82) is 0 Å². The number of aryl methyl sites for hydroxylation is 1. The van der Waals surface area contributed by atoms with Crippen LogP contribution in [0.5, 0.6) is 0 Å². The van der Waals surface area contributed by atoms with Crippen molar-refractivity contribution >= 4 is 34.7 Å². The Kier molecular flexibility index (Phi) is 4.01. The topological polar surface area (TPSA) is 74.8 Å². The van der Waals surface area contributed by atoms with Crippen LogP contribution in [0.4, 0.5) is 5.82 Å². The van der Waals surface area contributed by atoms with Gasteiger partial charge in [0, 0.05) is 16.6 Å². The molecule has 0 bridgehead atoms. The zero-order valence-corrected chi connectivity index (χ0v) is 11.9. The van der Waals surface area contributed by atoms with Crippen LogP contribution in [0.15, 0.2) is 23.0 Å². The molecule has 0 aliphatic heterocycles. The number of aromatic nitrogens is 2. The van der Waals surface area contributed by atoms with Crippen molar-refractivity contribution in [3.8, 4) is 0 Å². The molecule has 7 heteroatoms. The van der Waals surface area contributed by atoms with E-state index in [-0.39, 0.29) is 17.6 Å². The SMILES string of the molecule is Cc1cc(NC(=O)C(C)c2ccc(Cl)s2)nc(=O)[nH]1. The standard InChI is InChI=1S/C12H12ClN3O2S/c1-6-5-10(16-12(18)14-6)15-11(17)7(2)8-3-4-9(13)19-8/h3-5,7H,1-2H3,(H2,14,15,16,17,18). The number of halogens is 1. The van der Waals surface area contributed by atoms with Crippen molar-refractivity contribution in [2.75, 3.05) is 5.32 Å². The van der Waals surface area contributed by atoms with Crippen LogP contribution in [0, 0.1) is 6.92 Å². The van der Waals surface area contributed by atoms with Crippen LogP contribution in [-0.2, 0) is 4.79 Å². The fourth-order valence-electron chi connectivity index (χ4n) is 1.57. The predicted octanol–water partition coefficient (Wildman–Crippen LogP) is 2.54. The third-order valence-electron chi connectivity index (χ3n) is 2.54. The van der Waals surface area contributed by atoms with Gasteiger partial charge in [0.15, 0.2) is 0 Å². The third-order valence-corrected chi connectivity index (χ3v) is 3.96. The molecule has 0 spiro atoms. The number of aromatic amines is 1. The summed E-state index contributed by atoms with van der Waals surface area (Å²) < 4.78 is 0.639. The monoisotopic (exact) mass is 297 g/mol. The van der Waals surface area contributed by atoms with E-state index in [2.05, 4.69) is 15.3 Å². The number of carbonyl (C=O) groups excluding carboxylic acids is 1. The number of anilines is 1. The fourth-order valence-corrected chi connectivity index (χ4v) is 2.68. The number of nitrogens with one attached hydrogen (secondary N) is 2. The van der Waals surface area contributed by atoms with E-state index in [4.69, 9.17) is 11.6 Å². The number of thiophene rings is 1. The highest BCUT2D eigenvalue weighted by molar-refractivity contribution is 7.16. The van der Waals surface area contributed by atoms with Crippen LogP contribution in [0.25, 0.3) is 0 Å². The van der Waals surface area contributed by atoms with E-state index in [1.54, 1.807) is 26.0 Å². The molecule has 5 nitrogen and oxygen atoms in total. The zero-order valence-electron chi connectivity index (χ0n) is 10.4. The van der Waals surface area contributed by atoms with Crippen LogP contribution >= 0.6 is 22.9 Å². The number of hydrogen-bond donors (Lipinski definition) is 2. The molecular weight excluding hydrogens is 286 g/mol. The number of amides is 1. The molecule has 2 aromatic heterocycles. The summed E-state index contributed by atoms with van der Waals surface area (Å²) in [5, 5.41) is 2.62. The minimum atomic E-state index is -0.484. The highest BCUT2D eigenvalue weighted by atomic mass is 35.5. The predicted molar refractivity (Wildman–Crippen MR) is 76.0 cm³/mol. The van der Waals surface area contributed by atoms with E-state index in [0.717, 1.165) is 4.88 Å². The van der Waals surface area contributed by atoms with E-state index in [0.29, 0.717) is 10.0 Å². The Morgan fingerprint density at radius 2 is 2.26 bits per heavy atom. The summed E-state index contributed by atoms with van der Waals surface area (Å²) in [4.78, 5) is 30.3. The van der Waals surface area contributed by atoms with Gasteiger partial charge in [-0.2, -0.15) is 4.98 Å². The normalized spacial score (nSPS) is 12.2. The van der Waals surface area contributed by atoms with Gasteiger partial charge in [0.25, 0.3) is 0 Å². The molecular formula is C12H12ClN3O2S. The van der Waals surface area contributed by atoms with Gasteiger partial charge in [-0.05, 0) is 26.0 Å². The second kappa shape index (κ2) is 5.54. The summed E-state index contributed by atoms with van der Waals surface area (Å²) in [7, 11) is 0. The van der Waals surface area contributed by atoms with Crippen molar-refractivity contribution in [2.45, 2.75) is 19.8 Å². The first-order valence-corrected chi connectivity index (χ1v) is 6.79. The highest BCUT2D eigenvalue weighted by Crippen LogP contribution is 2.28. The van der Waals surface area contributed by atoms with E-state index < -0.39 is 5.69 Å². The van der Waals surface area contributed by atoms with Crippen molar-refractivity contribution in [3.63, 3.8) is 0 Å². The molecule has 2 heterocycles. The Balaban J connectivity index is 2.14. The molecule has 1 unspecified atom stereocenters. The molecule has 0 aliphatic rings. The lowest BCUT2D eigenvalue weighted by Crippen LogP contribution is -2.22. The summed E-state index contributed by atoms with van der Waals surface area (Å²) in [5.74, 6) is -0.323. The van der Waals surface area contributed by atoms with Gasteiger partial charge < -0.3 is 10.3 Å². The van der Waals surface area contributed by atoms with Gasteiger partial charge >= 0.3 is 5.69 Å². The largest absolute Gasteiger partial charge is 0.347 e. The number of rotatable bonds is 3. The first-order chi connectivity index (χ1) is 8.95. The lowest BCUT2D eigenvalue weighted by molar-refractivity contribution is -0.117. The smallest absolute Gasteiger partial charge is 0.310 e. The highest BCUT2D eigenvalue weighted by Gasteiger charge is 2.17. The zero-order chi connectivity index (χ0) is 14.0. The molecule has 1 atom stereocenters. The molecule has 0 saturated heterocycles. The van der Waals surface area contributed by atoms with Crippen molar-refractivity contribution < 1.29 is 4.79 Å². The van der Waals surface area contributed by atoms with Gasteiger partial charge in [0.05, 0.1) is 10.3 Å². The summed E-state index contributed by atoms with van der Waals surface area (Å²) >= 11 is 7.20. The molecule has 0 aromatic carbocycles. The van der Waals surface area contributed by atoms with Gasteiger partial charge in [-0.25, -0.2) is 4.79 Å². The van der Waals surface area contributed by atoms with Gasteiger partial charge in [0.1, 0.15) is 5.82 Å². The fraction of sp³-hybridized carbons (Fsp3) is 0.250. The van der Waals surface area contributed by atoms with Gasteiger partial charge in [-0.1, -0.05) is 11.6 Å². The molecule has 2 aromatic rings. The van der Waals surface area contributed by atoms with Crippen LogP contribution < -0.4 is 11.0 Å². The van der Waals surface area contributed by atoms with Crippen LogP contribution in [0.3, 0.4) is 0 Å². The van der Waals surface area contributed by atoms with E-state index in [1.165, 1.54) is 11.3 Å². The van der Waals surface area contributed by atoms with Gasteiger partial charge in [0.2, 0.25) is 5.91 Å². The molecule has 0 radical (unpaired) electrons. The second-order valence-electron chi connectivity index (χ2n) is 4.11. The molecule has 1 amide bonds. The molecule has 0 fully saturated rings. The molecule has 19 heavy (non-hydrogen) atoms. The third kappa shape index (κ3) is 3.42. The van der Waals surface area contributed by atoms with E-state index >= 15 is 0 Å². The van der Waals surface area contributed by atoms with E-state index in [9.17, 15) is 9.59 Å². The van der Waals surface area contributed by atoms with Gasteiger partial charge in [-0.15, -0.1) is 11.3 Å². The lowest BCUT2D eigenvalue weighted by Gasteiger charge is -2.09. The average Bonchev–Trinajstić information content (AvgIpc) is 2.73. The minimum absolute atomic E-state index is 0.226. The van der Waals surface area contributed by atoms with Crippen molar-refractivity contribution in [3.05, 3.63) is 43.6 Å². The Morgan fingerprint density at radius 3 is 2.84 bits per heavy atom. The average molecular weight is 298 g/mol. The van der Waals surface area contributed by atoms with E-state index in [1.807, 2.05) is 6.07 Å². The maximum Gasteiger partial charge on any atom is 0.347 e. The summed E-state index contributed by atoms with van der Waals surface area (Å²) in [6.07, 6.45) is 0. The van der Waals surface area contributed by atoms with Gasteiger partial charge in [-0.3, -0.25) is 4.79 Å². The molecule has 2 rings (SSSR count). The summed E-state index contributed by atoms with van der Waals surface area (Å²) in [5.41, 5.74) is 0.157. The van der Waals surface area contributed by atoms with Crippen LogP contribution in [0.2, 0.25) is 4.34 Å². The molecule has 0 saturated carbocycles. The quantitative estimate of drug-likeness (QED) is 0.914. The first-order valence-electron chi connectivity index (χ1n) is 5.60. The number of nitrogens with zero attached hydrogens (tertiary/aromatic N) is 1. The van der Waals surface area contributed by atoms with Crippen LogP contribution in [-0.4, -0.2) is 15.9 Å². The Morgan fingerprint density at radius 1 is 1.53 bits per heavy atom. The maximum absolute atomic E-state index is 12.0. The summed E-state index contributed by atoms with van der Waals surface area (Å²) in [6.45, 7) is 3.50. The molecule has 100 valence electrons. The Hall–Kier alpha value is -1.66. The van der Waals surface area contributed by atoms with Crippen molar-refractivity contribution in [1.82, 2.24) is 9.97 Å². The maximum atomic E-state index is 12.0. The minimum Gasteiger partial charge on any atom is -0.310 e. The van der Waals surface area contributed by atoms with Crippen LogP contribution in [0.1, 0.15) is 23.4 Å². The lowest BCUT2D eigenvalue weighted by atomic mass is 10.1. The first kappa shape index (κ1) is 13.8. The van der Waals surface area contributed by atoms with Crippen molar-refractivity contribution in [2.24, 2.45) is 0 Å².